The molecule has 0 aliphatic carbocycles. The first-order valence-corrected chi connectivity index (χ1v) is 6.51. The van der Waals surface area contributed by atoms with E-state index in [-0.39, 0.29) is 18.7 Å². The third-order valence-electron chi connectivity index (χ3n) is 3.31. The van der Waals surface area contributed by atoms with Crippen LogP contribution < -0.4 is 5.69 Å². The molecule has 112 valence electrons. The fraction of sp³-hybridized carbons (Fsp3) is 0.462. The molecule has 21 heavy (non-hydrogen) atoms. The van der Waals surface area contributed by atoms with Gasteiger partial charge < -0.3 is 5.11 Å². The molecule has 0 saturated carbocycles. The van der Waals surface area contributed by atoms with Crippen molar-refractivity contribution in [1.82, 2.24) is 24.3 Å². The molecule has 0 atom stereocenters. The van der Waals surface area contributed by atoms with Gasteiger partial charge in [0, 0.05) is 24.9 Å². The Hall–Kier alpha value is -2.51. The Kier molecular flexibility index (Phi) is 4.15. The highest BCUT2D eigenvalue weighted by atomic mass is 16.4. The van der Waals surface area contributed by atoms with Gasteiger partial charge in [-0.15, -0.1) is 0 Å². The number of nitrogens with zero attached hydrogens (tertiary/aromatic N) is 5. The van der Waals surface area contributed by atoms with Crippen molar-refractivity contribution >= 4 is 5.97 Å². The van der Waals surface area contributed by atoms with Crippen LogP contribution in [0.3, 0.4) is 0 Å². The van der Waals surface area contributed by atoms with Crippen LogP contribution in [0, 0.1) is 13.8 Å². The number of hydrogen-bond donors (Lipinski definition) is 1. The van der Waals surface area contributed by atoms with Crippen molar-refractivity contribution in [3.8, 4) is 0 Å². The summed E-state index contributed by atoms with van der Waals surface area (Å²) in [4.78, 5) is 30.8. The van der Waals surface area contributed by atoms with Crippen molar-refractivity contribution in [1.29, 1.82) is 0 Å². The van der Waals surface area contributed by atoms with Crippen molar-refractivity contribution in [2.75, 3.05) is 0 Å². The molecule has 1 N–H and O–H groups in total. The highest BCUT2D eigenvalue weighted by Crippen LogP contribution is 2.12. The molecule has 0 aliphatic heterocycles. The fourth-order valence-electron chi connectivity index (χ4n) is 2.22. The highest BCUT2D eigenvalue weighted by Gasteiger charge is 2.14. The second kappa shape index (κ2) is 5.86. The summed E-state index contributed by atoms with van der Waals surface area (Å²) in [6.45, 7) is 3.73. The molecule has 2 heterocycles. The molecule has 0 saturated heterocycles. The van der Waals surface area contributed by atoms with Crippen molar-refractivity contribution in [3.05, 3.63) is 39.6 Å². The lowest BCUT2D eigenvalue weighted by atomic mass is 10.1. The van der Waals surface area contributed by atoms with Gasteiger partial charge in [-0.1, -0.05) is 0 Å². The quantitative estimate of drug-likeness (QED) is 0.835. The molecule has 2 aromatic rings. The first-order valence-electron chi connectivity index (χ1n) is 6.51. The summed E-state index contributed by atoms with van der Waals surface area (Å²) < 4.78 is 3.03. The number of aliphatic carboxylic acids is 1. The Morgan fingerprint density at radius 1 is 1.38 bits per heavy atom. The van der Waals surface area contributed by atoms with Crippen LogP contribution in [0.25, 0.3) is 0 Å². The maximum absolute atomic E-state index is 12.0. The Bertz CT molecular complexity index is 732. The molecule has 0 amide bonds. The lowest BCUT2D eigenvalue weighted by molar-refractivity contribution is -0.136. The summed E-state index contributed by atoms with van der Waals surface area (Å²) in [5.74, 6) is -0.365. The van der Waals surface area contributed by atoms with E-state index in [9.17, 15) is 9.59 Å². The van der Waals surface area contributed by atoms with Crippen LogP contribution in [-0.4, -0.2) is 35.4 Å². The summed E-state index contributed by atoms with van der Waals surface area (Å²) in [5, 5.41) is 12.9. The van der Waals surface area contributed by atoms with Gasteiger partial charge in [-0.3, -0.25) is 14.0 Å². The van der Waals surface area contributed by atoms with E-state index in [1.165, 1.54) is 4.57 Å². The van der Waals surface area contributed by atoms with Crippen LogP contribution in [0.1, 0.15) is 29.2 Å². The summed E-state index contributed by atoms with van der Waals surface area (Å²) in [5.41, 5.74) is 1.69. The number of carboxylic acid groups (broad SMARTS) is 1. The van der Waals surface area contributed by atoms with Gasteiger partial charge in [0.2, 0.25) is 0 Å². The van der Waals surface area contributed by atoms with Crippen LogP contribution in [0.4, 0.5) is 0 Å². The Labute approximate surface area is 121 Å². The lowest BCUT2D eigenvalue weighted by Gasteiger charge is -2.13. The standard InChI is InChI=1S/C13H17N5O3/c1-8-10(4-5-12(19)20)9(2)18(13(21)15-8)6-11-14-7-17(3)16-11/h7H,4-6H2,1-3H3,(H,19,20). The number of aryl methyl sites for hydroxylation is 2. The van der Waals surface area contributed by atoms with E-state index in [4.69, 9.17) is 5.11 Å². The Morgan fingerprint density at radius 3 is 2.67 bits per heavy atom. The molecule has 0 spiro atoms. The monoisotopic (exact) mass is 291 g/mol. The van der Waals surface area contributed by atoms with Crippen molar-refractivity contribution < 1.29 is 9.90 Å². The molecule has 0 aliphatic rings. The average molecular weight is 291 g/mol. The van der Waals surface area contributed by atoms with E-state index in [0.717, 1.165) is 5.56 Å². The predicted molar refractivity (Wildman–Crippen MR) is 74.0 cm³/mol. The third-order valence-corrected chi connectivity index (χ3v) is 3.31. The first kappa shape index (κ1) is 14.9. The van der Waals surface area contributed by atoms with E-state index in [1.54, 1.807) is 31.9 Å². The van der Waals surface area contributed by atoms with Crippen LogP contribution in [0.5, 0.6) is 0 Å². The van der Waals surface area contributed by atoms with Gasteiger partial charge in [0.05, 0.1) is 6.54 Å². The van der Waals surface area contributed by atoms with E-state index < -0.39 is 5.97 Å². The minimum Gasteiger partial charge on any atom is -0.481 e. The summed E-state index contributed by atoms with van der Waals surface area (Å²) in [7, 11) is 1.75. The predicted octanol–water partition coefficient (Wildman–Crippen LogP) is 0.0541. The second-order valence-electron chi connectivity index (χ2n) is 4.86. The van der Waals surface area contributed by atoms with E-state index in [2.05, 4.69) is 15.1 Å². The number of carboxylic acids is 1. The minimum absolute atomic E-state index is 0.00337. The minimum atomic E-state index is -0.877. The van der Waals surface area contributed by atoms with Crippen molar-refractivity contribution in [3.63, 3.8) is 0 Å². The second-order valence-corrected chi connectivity index (χ2v) is 4.86. The molecule has 0 radical (unpaired) electrons. The molecular formula is C13H17N5O3. The highest BCUT2D eigenvalue weighted by molar-refractivity contribution is 5.67. The van der Waals surface area contributed by atoms with E-state index in [0.29, 0.717) is 23.6 Å². The third kappa shape index (κ3) is 3.33. The van der Waals surface area contributed by atoms with E-state index >= 15 is 0 Å². The van der Waals surface area contributed by atoms with Crippen LogP contribution in [0.15, 0.2) is 11.1 Å². The van der Waals surface area contributed by atoms with Gasteiger partial charge in [0.15, 0.2) is 5.82 Å². The van der Waals surface area contributed by atoms with Crippen molar-refractivity contribution in [2.45, 2.75) is 33.2 Å². The summed E-state index contributed by atoms with van der Waals surface area (Å²) in [6, 6.07) is 0. The molecule has 0 unspecified atom stereocenters. The van der Waals surface area contributed by atoms with Crippen LogP contribution >= 0.6 is 0 Å². The molecule has 0 bridgehead atoms. The Morgan fingerprint density at radius 2 is 2.10 bits per heavy atom. The van der Waals surface area contributed by atoms with Gasteiger partial charge in [0.1, 0.15) is 6.33 Å². The van der Waals surface area contributed by atoms with Crippen LogP contribution in [-0.2, 0) is 24.8 Å². The zero-order valence-corrected chi connectivity index (χ0v) is 12.2. The fourth-order valence-corrected chi connectivity index (χ4v) is 2.22. The smallest absolute Gasteiger partial charge is 0.348 e. The zero-order valence-electron chi connectivity index (χ0n) is 12.2. The number of rotatable bonds is 5. The van der Waals surface area contributed by atoms with Gasteiger partial charge in [-0.25, -0.2) is 9.78 Å². The summed E-state index contributed by atoms with van der Waals surface area (Å²) >= 11 is 0. The van der Waals surface area contributed by atoms with Gasteiger partial charge in [-0.05, 0) is 25.8 Å². The molecule has 2 rings (SSSR count). The average Bonchev–Trinajstić information content (AvgIpc) is 2.79. The zero-order chi connectivity index (χ0) is 15.6. The van der Waals surface area contributed by atoms with Gasteiger partial charge >= 0.3 is 11.7 Å². The topological polar surface area (TPSA) is 103 Å². The molecule has 8 heteroatoms. The SMILES string of the molecule is Cc1nc(=O)n(Cc2ncn(C)n2)c(C)c1CCC(=O)O. The first-order chi connectivity index (χ1) is 9.88. The van der Waals surface area contributed by atoms with E-state index in [1.807, 2.05) is 0 Å². The number of carbonyl (C=O) groups is 1. The largest absolute Gasteiger partial charge is 0.481 e. The molecule has 2 aromatic heterocycles. The number of hydrogen-bond acceptors (Lipinski definition) is 5. The molecule has 0 fully saturated rings. The molecule has 8 nitrogen and oxygen atoms in total. The normalized spacial score (nSPS) is 10.8. The Balaban J connectivity index is 2.38. The van der Waals surface area contributed by atoms with Crippen LogP contribution in [0.2, 0.25) is 0 Å². The maximum atomic E-state index is 12.0. The number of aromatic nitrogens is 5. The molecular weight excluding hydrogens is 274 g/mol. The van der Waals surface area contributed by atoms with Gasteiger partial charge in [0.25, 0.3) is 0 Å². The lowest BCUT2D eigenvalue weighted by Crippen LogP contribution is -2.28. The summed E-state index contributed by atoms with van der Waals surface area (Å²) in [6.07, 6.45) is 1.90. The van der Waals surface area contributed by atoms with Gasteiger partial charge in [-0.2, -0.15) is 10.1 Å². The maximum Gasteiger partial charge on any atom is 0.348 e. The molecule has 0 aromatic carbocycles. The van der Waals surface area contributed by atoms with Crippen molar-refractivity contribution in [2.24, 2.45) is 7.05 Å².